The Kier molecular flexibility index (Phi) is 7.61. The molecule has 2 aliphatic heterocycles. The molecule has 2 aromatic carbocycles. The summed E-state index contributed by atoms with van der Waals surface area (Å²) in [6.07, 6.45) is 5.66. The van der Waals surface area contributed by atoms with E-state index in [1.165, 1.54) is 6.42 Å². The average molecular weight is 542 g/mol. The Morgan fingerprint density at radius 2 is 1.77 bits per heavy atom. The molecule has 2 aliphatic rings. The van der Waals surface area contributed by atoms with Gasteiger partial charge in [0, 0.05) is 31.1 Å². The Bertz CT molecular complexity index is 1470. The highest BCUT2D eigenvalue weighted by molar-refractivity contribution is 5.88. The minimum atomic E-state index is -0.275. The third-order valence-electron chi connectivity index (χ3n) is 7.81. The summed E-state index contributed by atoms with van der Waals surface area (Å²) in [5.74, 6) is 0.529. The number of carbonyl (C=O) groups is 1. The van der Waals surface area contributed by atoms with Crippen LogP contribution in [0.3, 0.4) is 0 Å². The third kappa shape index (κ3) is 5.64. The molecule has 2 fully saturated rings. The minimum Gasteiger partial charge on any atom is -0.508 e. The van der Waals surface area contributed by atoms with Crippen molar-refractivity contribution in [3.8, 4) is 17.0 Å². The van der Waals surface area contributed by atoms with Crippen LogP contribution in [-0.4, -0.2) is 74.8 Å². The average Bonchev–Trinajstić information content (AvgIpc) is 3.39. The smallest absolute Gasteiger partial charge is 0.228 e. The Balaban J connectivity index is 1.32. The van der Waals surface area contributed by atoms with E-state index in [2.05, 4.69) is 34.1 Å². The van der Waals surface area contributed by atoms with Gasteiger partial charge in [-0.2, -0.15) is 4.98 Å². The van der Waals surface area contributed by atoms with Gasteiger partial charge in [-0.15, -0.1) is 0 Å². The molecule has 10 heteroatoms. The lowest BCUT2D eigenvalue weighted by atomic mass is 9.97. The number of phenols is 1. The summed E-state index contributed by atoms with van der Waals surface area (Å²) in [5, 5.41) is 10.1. The lowest BCUT2D eigenvalue weighted by Crippen LogP contribution is -2.37. The second kappa shape index (κ2) is 11.6. The number of benzene rings is 2. The van der Waals surface area contributed by atoms with Crippen molar-refractivity contribution in [2.75, 3.05) is 44.3 Å². The van der Waals surface area contributed by atoms with E-state index in [0.29, 0.717) is 56.4 Å². The van der Waals surface area contributed by atoms with Crippen molar-refractivity contribution in [1.82, 2.24) is 24.4 Å². The van der Waals surface area contributed by atoms with E-state index < -0.39 is 0 Å². The van der Waals surface area contributed by atoms with Crippen LogP contribution in [-0.2, 0) is 16.1 Å². The van der Waals surface area contributed by atoms with E-state index in [1.54, 1.807) is 24.5 Å². The number of fused-ring (bicyclic) bond motifs is 1. The number of imidazole rings is 1. The van der Waals surface area contributed by atoms with Crippen LogP contribution in [0.1, 0.15) is 42.9 Å². The molecule has 4 aromatic rings. The molecule has 4 heterocycles. The maximum Gasteiger partial charge on any atom is 0.228 e. The second-order valence-corrected chi connectivity index (χ2v) is 10.6. The molecular formula is C30H35N7O3. The molecule has 1 unspecified atom stereocenters. The Hall–Kier alpha value is -4.02. The number of aromatic hydroxyl groups is 1. The SMILES string of the molecule is NC(=O)CC(c1ccc(Cn2cnc3c(-c4cccc(O)c4)nc(N4CCOCC4)nc32)cc1)N1CCCCC1. The molecule has 10 nitrogen and oxygen atoms in total. The second-order valence-electron chi connectivity index (χ2n) is 10.6. The van der Waals surface area contributed by atoms with Crippen LogP contribution >= 0.6 is 0 Å². The standard InChI is InChI=1S/C30H35N7O3/c31-26(39)18-25(35-11-2-1-3-12-35)22-9-7-21(8-10-22)19-37-20-32-28-27(23-5-4-6-24(38)17-23)33-30(34-29(28)37)36-13-15-40-16-14-36/h4-10,17,20,25,38H,1-3,11-16,18-19H2,(H2,31,39). The largest absolute Gasteiger partial charge is 0.508 e. The van der Waals surface area contributed by atoms with Crippen LogP contribution < -0.4 is 10.6 Å². The Morgan fingerprint density at radius 3 is 2.50 bits per heavy atom. The highest BCUT2D eigenvalue weighted by Gasteiger charge is 2.24. The van der Waals surface area contributed by atoms with Gasteiger partial charge in [-0.1, -0.05) is 42.8 Å². The number of likely N-dealkylation sites (tertiary alicyclic amines) is 1. The van der Waals surface area contributed by atoms with Gasteiger partial charge in [-0.05, 0) is 49.2 Å². The number of nitrogens with zero attached hydrogens (tertiary/aromatic N) is 6. The lowest BCUT2D eigenvalue weighted by molar-refractivity contribution is -0.119. The fraction of sp³-hybridized carbons (Fsp3) is 0.400. The predicted octanol–water partition coefficient (Wildman–Crippen LogP) is 3.49. The molecular weight excluding hydrogens is 506 g/mol. The number of piperidine rings is 1. The van der Waals surface area contributed by atoms with Crippen molar-refractivity contribution < 1.29 is 14.6 Å². The summed E-state index contributed by atoms with van der Waals surface area (Å²) in [4.78, 5) is 30.9. The molecule has 3 N–H and O–H groups in total. The first-order chi connectivity index (χ1) is 19.5. The van der Waals surface area contributed by atoms with Crippen LogP contribution in [0.5, 0.6) is 5.75 Å². The van der Waals surface area contributed by atoms with E-state index in [-0.39, 0.29) is 17.7 Å². The minimum absolute atomic E-state index is 0.00888. The predicted molar refractivity (Wildman–Crippen MR) is 153 cm³/mol. The Labute approximate surface area is 233 Å². The van der Waals surface area contributed by atoms with E-state index in [9.17, 15) is 9.90 Å². The first-order valence-electron chi connectivity index (χ1n) is 14.0. The van der Waals surface area contributed by atoms with Gasteiger partial charge in [0.2, 0.25) is 11.9 Å². The molecule has 2 aromatic heterocycles. The quantitative estimate of drug-likeness (QED) is 0.348. The highest BCUT2D eigenvalue weighted by Crippen LogP contribution is 2.31. The number of morpholine rings is 1. The Morgan fingerprint density at radius 1 is 1.00 bits per heavy atom. The summed E-state index contributed by atoms with van der Waals surface area (Å²) in [5.41, 5.74) is 10.7. The van der Waals surface area contributed by atoms with Crippen molar-refractivity contribution in [1.29, 1.82) is 0 Å². The first-order valence-corrected chi connectivity index (χ1v) is 14.0. The van der Waals surface area contributed by atoms with Crippen molar-refractivity contribution in [3.05, 3.63) is 66.0 Å². The van der Waals surface area contributed by atoms with Gasteiger partial charge in [0.05, 0.1) is 26.1 Å². The van der Waals surface area contributed by atoms with Gasteiger partial charge >= 0.3 is 0 Å². The molecule has 1 amide bonds. The number of aromatic nitrogens is 4. The zero-order valence-corrected chi connectivity index (χ0v) is 22.6. The molecule has 1 atom stereocenters. The van der Waals surface area contributed by atoms with E-state index in [4.69, 9.17) is 25.4 Å². The number of hydrogen-bond donors (Lipinski definition) is 2. The normalized spacial score (nSPS) is 17.2. The summed E-state index contributed by atoms with van der Waals surface area (Å²) >= 11 is 0. The number of primary amides is 1. The maximum absolute atomic E-state index is 11.9. The monoisotopic (exact) mass is 541 g/mol. The van der Waals surface area contributed by atoms with Gasteiger partial charge in [0.25, 0.3) is 0 Å². The third-order valence-corrected chi connectivity index (χ3v) is 7.81. The summed E-state index contributed by atoms with van der Waals surface area (Å²) < 4.78 is 7.57. The molecule has 208 valence electrons. The number of carbonyl (C=O) groups excluding carboxylic acids is 1. The van der Waals surface area contributed by atoms with Gasteiger partial charge in [-0.25, -0.2) is 9.97 Å². The van der Waals surface area contributed by atoms with E-state index in [1.807, 2.05) is 10.6 Å². The number of rotatable bonds is 8. The van der Waals surface area contributed by atoms with Crippen molar-refractivity contribution in [2.45, 2.75) is 38.3 Å². The molecule has 2 saturated heterocycles. The van der Waals surface area contributed by atoms with Gasteiger partial charge in [0.1, 0.15) is 17.0 Å². The number of hydrogen-bond acceptors (Lipinski definition) is 8. The van der Waals surface area contributed by atoms with Crippen LogP contribution in [0.4, 0.5) is 5.95 Å². The van der Waals surface area contributed by atoms with Gasteiger partial charge in [-0.3, -0.25) is 9.69 Å². The molecule has 0 aliphatic carbocycles. The van der Waals surface area contributed by atoms with Crippen LogP contribution in [0.15, 0.2) is 54.9 Å². The van der Waals surface area contributed by atoms with Crippen LogP contribution in [0, 0.1) is 0 Å². The maximum atomic E-state index is 11.9. The lowest BCUT2D eigenvalue weighted by Gasteiger charge is -2.34. The molecule has 0 spiro atoms. The van der Waals surface area contributed by atoms with Crippen LogP contribution in [0.25, 0.3) is 22.4 Å². The fourth-order valence-electron chi connectivity index (χ4n) is 5.73. The van der Waals surface area contributed by atoms with E-state index >= 15 is 0 Å². The topological polar surface area (TPSA) is 123 Å². The first kappa shape index (κ1) is 26.2. The molecule has 0 radical (unpaired) electrons. The number of ether oxygens (including phenoxy) is 1. The zero-order valence-electron chi connectivity index (χ0n) is 22.6. The van der Waals surface area contributed by atoms with Crippen LogP contribution in [0.2, 0.25) is 0 Å². The molecule has 0 saturated carbocycles. The van der Waals surface area contributed by atoms with Crippen molar-refractivity contribution >= 4 is 23.0 Å². The highest BCUT2D eigenvalue weighted by atomic mass is 16.5. The van der Waals surface area contributed by atoms with Crippen molar-refractivity contribution in [3.63, 3.8) is 0 Å². The van der Waals surface area contributed by atoms with Crippen molar-refractivity contribution in [2.24, 2.45) is 5.73 Å². The molecule has 6 rings (SSSR count). The summed E-state index contributed by atoms with van der Waals surface area (Å²) in [6.45, 7) is 5.25. The van der Waals surface area contributed by atoms with Gasteiger partial charge in [0.15, 0.2) is 5.65 Å². The number of phenolic OH excluding ortho intramolecular Hbond substituents is 1. The molecule has 0 bridgehead atoms. The molecule has 40 heavy (non-hydrogen) atoms. The number of nitrogens with two attached hydrogens (primary N) is 1. The zero-order chi connectivity index (χ0) is 27.5. The van der Waals surface area contributed by atoms with E-state index in [0.717, 1.165) is 48.3 Å². The number of amides is 1. The van der Waals surface area contributed by atoms with Gasteiger partial charge < -0.3 is 25.0 Å². The summed E-state index contributed by atoms with van der Waals surface area (Å²) in [6, 6.07) is 15.5. The number of anilines is 1. The fourth-order valence-corrected chi connectivity index (χ4v) is 5.73. The summed E-state index contributed by atoms with van der Waals surface area (Å²) in [7, 11) is 0.